The van der Waals surface area contributed by atoms with Crippen molar-refractivity contribution in [2.45, 2.75) is 11.8 Å². The number of hydrogen-bond donors (Lipinski definition) is 1. The zero-order valence-corrected chi connectivity index (χ0v) is 10.4. The third kappa shape index (κ3) is 2.10. The zero-order chi connectivity index (χ0) is 12.3. The molecule has 0 aliphatic rings. The molecule has 0 aliphatic heterocycles. The Morgan fingerprint density at radius 2 is 1.81 bits per heavy atom. The maximum atomic E-state index is 11.7. The van der Waals surface area contributed by atoms with E-state index >= 15 is 0 Å². The predicted molar refractivity (Wildman–Crippen MR) is 58.3 cm³/mol. The van der Waals surface area contributed by atoms with Crippen molar-refractivity contribution in [3.05, 3.63) is 11.9 Å². The minimum absolute atomic E-state index is 0.0417. The number of nitrogens with zero attached hydrogens (tertiary/aromatic N) is 1. The maximum Gasteiger partial charge on any atom is 0.245 e. The van der Waals surface area contributed by atoms with Crippen LogP contribution in [0.3, 0.4) is 0 Å². The van der Waals surface area contributed by atoms with Crippen LogP contribution in [0.25, 0.3) is 0 Å². The monoisotopic (exact) mass is 246 g/mol. The van der Waals surface area contributed by atoms with Crippen LogP contribution in [0.2, 0.25) is 0 Å². The number of methoxy groups -OCH3 is 2. The van der Waals surface area contributed by atoms with E-state index in [4.69, 9.17) is 9.47 Å². The Labute approximate surface area is 94.6 Å². The van der Waals surface area contributed by atoms with Crippen LogP contribution in [0.4, 0.5) is 0 Å². The van der Waals surface area contributed by atoms with E-state index in [1.54, 1.807) is 6.92 Å². The molecule has 0 aliphatic carbocycles. The van der Waals surface area contributed by atoms with Gasteiger partial charge in [0.15, 0.2) is 11.5 Å². The first-order chi connectivity index (χ1) is 7.47. The van der Waals surface area contributed by atoms with Gasteiger partial charge >= 0.3 is 0 Å². The fourth-order valence-corrected chi connectivity index (χ4v) is 2.12. The topological polar surface area (TPSA) is 77.5 Å². The fraction of sp³-hybridized carbons (Fsp3) is 0.444. The average molecular weight is 246 g/mol. The van der Waals surface area contributed by atoms with Crippen molar-refractivity contribution in [3.63, 3.8) is 0 Å². The molecule has 0 fully saturated rings. The molecule has 0 amide bonds. The standard InChI is InChI=1S/C9H14N2O4S/c1-6-8(14-3)9(15-4)7(5-11-6)16(12,13)10-2/h5,10H,1-4H3. The molecule has 0 saturated heterocycles. The smallest absolute Gasteiger partial charge is 0.245 e. The minimum atomic E-state index is -3.61. The van der Waals surface area contributed by atoms with Crippen LogP contribution >= 0.6 is 0 Å². The molecule has 16 heavy (non-hydrogen) atoms. The van der Waals surface area contributed by atoms with Gasteiger partial charge in [-0.25, -0.2) is 13.1 Å². The lowest BCUT2D eigenvalue weighted by atomic mass is 10.3. The van der Waals surface area contributed by atoms with E-state index in [0.29, 0.717) is 11.4 Å². The highest BCUT2D eigenvalue weighted by Crippen LogP contribution is 2.35. The van der Waals surface area contributed by atoms with Crippen LogP contribution in [0.15, 0.2) is 11.1 Å². The quantitative estimate of drug-likeness (QED) is 0.827. The van der Waals surface area contributed by atoms with Gasteiger partial charge in [0, 0.05) is 0 Å². The molecule has 1 N–H and O–H groups in total. The normalized spacial score (nSPS) is 11.2. The number of rotatable bonds is 4. The first kappa shape index (κ1) is 12.7. The van der Waals surface area contributed by atoms with Crippen LogP contribution in [0.5, 0.6) is 11.5 Å². The molecule has 0 saturated carbocycles. The van der Waals surface area contributed by atoms with Crippen LogP contribution in [-0.4, -0.2) is 34.7 Å². The van der Waals surface area contributed by atoms with E-state index in [1.807, 2.05) is 0 Å². The van der Waals surface area contributed by atoms with Gasteiger partial charge in [0.05, 0.1) is 26.1 Å². The summed E-state index contributed by atoms with van der Waals surface area (Å²) in [6, 6.07) is 0. The Hall–Kier alpha value is -1.34. The van der Waals surface area contributed by atoms with Crippen LogP contribution in [0.1, 0.15) is 5.69 Å². The van der Waals surface area contributed by atoms with E-state index in [-0.39, 0.29) is 10.6 Å². The number of pyridine rings is 1. The summed E-state index contributed by atoms with van der Waals surface area (Å²) in [5.41, 5.74) is 0.564. The molecule has 6 nitrogen and oxygen atoms in total. The minimum Gasteiger partial charge on any atom is -0.491 e. The second kappa shape index (κ2) is 4.67. The molecular weight excluding hydrogens is 232 g/mol. The third-order valence-corrected chi connectivity index (χ3v) is 3.51. The van der Waals surface area contributed by atoms with Crippen LogP contribution in [-0.2, 0) is 10.0 Å². The van der Waals surface area contributed by atoms with Gasteiger partial charge in [0.1, 0.15) is 4.90 Å². The number of hydrogen-bond acceptors (Lipinski definition) is 5. The second-order valence-electron chi connectivity index (χ2n) is 2.98. The Morgan fingerprint density at radius 1 is 1.25 bits per heavy atom. The number of ether oxygens (including phenoxy) is 2. The Kier molecular flexibility index (Phi) is 3.71. The van der Waals surface area contributed by atoms with Crippen molar-refractivity contribution in [2.24, 2.45) is 0 Å². The van der Waals surface area contributed by atoms with Gasteiger partial charge in [-0.1, -0.05) is 0 Å². The summed E-state index contributed by atoms with van der Waals surface area (Å²) in [4.78, 5) is 3.91. The Bertz CT molecular complexity index is 485. The molecular formula is C9H14N2O4S. The molecule has 0 spiro atoms. The van der Waals surface area contributed by atoms with Gasteiger partial charge < -0.3 is 9.47 Å². The molecule has 1 rings (SSSR count). The Balaban J connectivity index is 3.54. The lowest BCUT2D eigenvalue weighted by molar-refractivity contribution is 0.342. The molecule has 7 heteroatoms. The highest BCUT2D eigenvalue weighted by atomic mass is 32.2. The van der Waals surface area contributed by atoms with E-state index in [0.717, 1.165) is 0 Å². The summed E-state index contributed by atoms with van der Waals surface area (Å²) in [7, 11) is 0.527. The van der Waals surface area contributed by atoms with E-state index in [9.17, 15) is 8.42 Å². The van der Waals surface area contributed by atoms with Gasteiger partial charge in [-0.2, -0.15) is 0 Å². The molecule has 0 radical (unpaired) electrons. The van der Waals surface area contributed by atoms with Gasteiger partial charge in [0.25, 0.3) is 0 Å². The first-order valence-electron chi connectivity index (χ1n) is 4.49. The summed E-state index contributed by atoms with van der Waals surface area (Å²) in [6.07, 6.45) is 1.24. The van der Waals surface area contributed by atoms with Gasteiger partial charge in [-0.05, 0) is 14.0 Å². The molecule has 0 atom stereocenters. The lowest BCUT2D eigenvalue weighted by Crippen LogP contribution is -2.20. The van der Waals surface area contributed by atoms with Crippen molar-refractivity contribution < 1.29 is 17.9 Å². The van der Waals surface area contributed by atoms with E-state index < -0.39 is 10.0 Å². The molecule has 1 heterocycles. The number of aryl methyl sites for hydroxylation is 1. The first-order valence-corrected chi connectivity index (χ1v) is 5.97. The maximum absolute atomic E-state index is 11.7. The highest BCUT2D eigenvalue weighted by Gasteiger charge is 2.23. The highest BCUT2D eigenvalue weighted by molar-refractivity contribution is 7.89. The molecule has 1 aromatic rings. The summed E-state index contributed by atoms with van der Waals surface area (Å²) in [5.74, 6) is 0.475. The zero-order valence-electron chi connectivity index (χ0n) is 9.57. The largest absolute Gasteiger partial charge is 0.491 e. The summed E-state index contributed by atoms with van der Waals surface area (Å²) in [6.45, 7) is 1.71. The lowest BCUT2D eigenvalue weighted by Gasteiger charge is -2.13. The van der Waals surface area contributed by atoms with Gasteiger partial charge in [-0.15, -0.1) is 0 Å². The van der Waals surface area contributed by atoms with Crippen molar-refractivity contribution in [1.29, 1.82) is 0 Å². The van der Waals surface area contributed by atoms with Gasteiger partial charge in [0.2, 0.25) is 10.0 Å². The van der Waals surface area contributed by atoms with Crippen molar-refractivity contribution in [2.75, 3.05) is 21.3 Å². The summed E-state index contributed by atoms with van der Waals surface area (Å²) >= 11 is 0. The number of aromatic nitrogens is 1. The summed E-state index contributed by atoms with van der Waals surface area (Å²) < 4.78 is 35.7. The molecule has 1 aromatic heterocycles. The fourth-order valence-electron chi connectivity index (χ4n) is 1.28. The molecule has 90 valence electrons. The Morgan fingerprint density at radius 3 is 2.25 bits per heavy atom. The van der Waals surface area contributed by atoms with Crippen molar-refractivity contribution in [3.8, 4) is 11.5 Å². The van der Waals surface area contributed by atoms with Gasteiger partial charge in [-0.3, -0.25) is 4.98 Å². The van der Waals surface area contributed by atoms with Crippen LogP contribution < -0.4 is 14.2 Å². The summed E-state index contributed by atoms with van der Waals surface area (Å²) in [5, 5.41) is 0. The van der Waals surface area contributed by atoms with Crippen molar-refractivity contribution >= 4 is 10.0 Å². The molecule has 0 bridgehead atoms. The van der Waals surface area contributed by atoms with E-state index in [2.05, 4.69) is 9.71 Å². The van der Waals surface area contributed by atoms with Crippen LogP contribution in [0, 0.1) is 6.92 Å². The third-order valence-electron chi connectivity index (χ3n) is 2.10. The molecule has 0 aromatic carbocycles. The number of sulfonamides is 1. The second-order valence-corrected chi connectivity index (χ2v) is 4.84. The SMILES string of the molecule is CNS(=O)(=O)c1cnc(C)c(OC)c1OC. The molecule has 0 unspecified atom stereocenters. The van der Waals surface area contributed by atoms with Crippen molar-refractivity contribution in [1.82, 2.24) is 9.71 Å². The van der Waals surface area contributed by atoms with E-state index in [1.165, 1.54) is 27.5 Å². The average Bonchev–Trinajstić information content (AvgIpc) is 2.28. The number of nitrogens with one attached hydrogen (secondary N) is 1. The predicted octanol–water partition coefficient (Wildman–Crippen LogP) is 0.315.